The molecule has 0 radical (unpaired) electrons. The molecule has 2 rings (SSSR count). The lowest BCUT2D eigenvalue weighted by molar-refractivity contribution is -0.137. The molecular formula is C24H27NO4. The van der Waals surface area contributed by atoms with Crippen molar-refractivity contribution in [1.82, 2.24) is 0 Å². The van der Waals surface area contributed by atoms with Crippen LogP contribution in [0.25, 0.3) is 6.08 Å². The third kappa shape index (κ3) is 5.86. The van der Waals surface area contributed by atoms with Crippen molar-refractivity contribution in [2.45, 2.75) is 41.2 Å². The molecule has 152 valence electrons. The average molecular weight is 393 g/mol. The summed E-state index contributed by atoms with van der Waals surface area (Å²) in [5.74, 6) is 0.529. The van der Waals surface area contributed by atoms with Crippen LogP contribution in [0.5, 0.6) is 11.5 Å². The number of nitrogens with zero attached hydrogens (tertiary/aromatic N) is 1. The maximum absolute atomic E-state index is 11.8. The first-order valence-corrected chi connectivity index (χ1v) is 9.64. The summed E-state index contributed by atoms with van der Waals surface area (Å²) in [6, 6.07) is 11.5. The molecule has 0 aliphatic heterocycles. The van der Waals surface area contributed by atoms with Gasteiger partial charge >= 0.3 is 5.97 Å². The molecule has 0 amide bonds. The van der Waals surface area contributed by atoms with Crippen LogP contribution in [0.4, 0.5) is 0 Å². The van der Waals surface area contributed by atoms with Gasteiger partial charge in [-0.2, -0.15) is 5.26 Å². The smallest absolute Gasteiger partial charge is 0.348 e. The molecule has 0 aromatic heterocycles. The second-order valence-corrected chi connectivity index (χ2v) is 6.70. The Kier molecular flexibility index (Phi) is 7.85. The van der Waals surface area contributed by atoms with Crippen LogP contribution < -0.4 is 9.47 Å². The monoisotopic (exact) mass is 393 g/mol. The first-order valence-electron chi connectivity index (χ1n) is 9.64. The molecular weight excluding hydrogens is 366 g/mol. The molecule has 0 atom stereocenters. The number of esters is 1. The molecule has 0 fully saturated rings. The van der Waals surface area contributed by atoms with Crippen LogP contribution >= 0.6 is 0 Å². The van der Waals surface area contributed by atoms with Crippen molar-refractivity contribution in [3.8, 4) is 17.6 Å². The lowest BCUT2D eigenvalue weighted by Crippen LogP contribution is -2.06. The molecule has 2 aromatic rings. The Hall–Kier alpha value is -3.26. The minimum Gasteiger partial charge on any atom is -0.490 e. The van der Waals surface area contributed by atoms with Crippen LogP contribution in [0.3, 0.4) is 0 Å². The van der Waals surface area contributed by atoms with Crippen molar-refractivity contribution in [3.63, 3.8) is 0 Å². The zero-order valence-corrected chi connectivity index (χ0v) is 17.7. The van der Waals surface area contributed by atoms with E-state index in [0.29, 0.717) is 30.3 Å². The second kappa shape index (κ2) is 10.3. The maximum atomic E-state index is 11.8. The fourth-order valence-corrected chi connectivity index (χ4v) is 3.10. The Labute approximate surface area is 172 Å². The Balaban J connectivity index is 2.28. The minimum absolute atomic E-state index is 0.0612. The van der Waals surface area contributed by atoms with Crippen LogP contribution in [0.15, 0.2) is 35.9 Å². The van der Waals surface area contributed by atoms with Gasteiger partial charge in [0.15, 0.2) is 11.5 Å². The summed E-state index contributed by atoms with van der Waals surface area (Å²) >= 11 is 0. The standard InChI is InChI=1S/C24H27NO4/c1-6-27-23-13-19(12-20(14-25)24(26)28-7-2)8-9-22(23)29-15-21-17(4)10-16(3)11-18(21)5/h8-13H,6-7,15H2,1-5H3/b20-12+. The predicted octanol–water partition coefficient (Wildman–Crippen LogP) is 5.06. The van der Waals surface area contributed by atoms with Crippen LogP contribution in [-0.4, -0.2) is 19.2 Å². The molecule has 29 heavy (non-hydrogen) atoms. The maximum Gasteiger partial charge on any atom is 0.348 e. The number of aryl methyl sites for hydroxylation is 3. The van der Waals surface area contributed by atoms with Gasteiger partial charge in [0.1, 0.15) is 18.2 Å². The summed E-state index contributed by atoms with van der Waals surface area (Å²) in [6.07, 6.45) is 1.48. The van der Waals surface area contributed by atoms with E-state index in [4.69, 9.17) is 14.2 Å². The van der Waals surface area contributed by atoms with Gasteiger partial charge in [-0.05, 0) is 75.1 Å². The minimum atomic E-state index is -0.640. The molecule has 0 aliphatic carbocycles. The highest BCUT2D eigenvalue weighted by Crippen LogP contribution is 2.31. The number of nitriles is 1. The van der Waals surface area contributed by atoms with E-state index in [-0.39, 0.29) is 12.2 Å². The van der Waals surface area contributed by atoms with Crippen molar-refractivity contribution in [3.05, 3.63) is 63.7 Å². The van der Waals surface area contributed by atoms with E-state index in [9.17, 15) is 10.1 Å². The van der Waals surface area contributed by atoms with E-state index in [1.54, 1.807) is 25.1 Å². The van der Waals surface area contributed by atoms with Gasteiger partial charge < -0.3 is 14.2 Å². The van der Waals surface area contributed by atoms with Crippen molar-refractivity contribution in [1.29, 1.82) is 5.26 Å². The molecule has 0 bridgehead atoms. The van der Waals surface area contributed by atoms with Crippen LogP contribution in [0.1, 0.15) is 41.7 Å². The number of ether oxygens (including phenoxy) is 3. The van der Waals surface area contributed by atoms with E-state index in [2.05, 4.69) is 32.9 Å². The number of benzene rings is 2. The highest BCUT2D eigenvalue weighted by molar-refractivity contribution is 5.97. The van der Waals surface area contributed by atoms with Crippen LogP contribution in [-0.2, 0) is 16.1 Å². The number of carbonyl (C=O) groups is 1. The van der Waals surface area contributed by atoms with Gasteiger partial charge in [-0.1, -0.05) is 23.8 Å². The van der Waals surface area contributed by atoms with E-state index in [1.807, 2.05) is 13.0 Å². The fraction of sp³-hybridized carbons (Fsp3) is 0.333. The first-order chi connectivity index (χ1) is 13.9. The summed E-state index contributed by atoms with van der Waals surface area (Å²) in [7, 11) is 0. The molecule has 5 nitrogen and oxygen atoms in total. The van der Waals surface area contributed by atoms with E-state index < -0.39 is 5.97 Å². The number of hydrogen-bond donors (Lipinski definition) is 0. The molecule has 0 unspecified atom stereocenters. The van der Waals surface area contributed by atoms with Gasteiger partial charge in [-0.3, -0.25) is 0 Å². The molecule has 5 heteroatoms. The van der Waals surface area contributed by atoms with E-state index in [1.165, 1.54) is 22.8 Å². The Bertz CT molecular complexity index is 931. The van der Waals surface area contributed by atoms with Crippen molar-refractivity contribution in [2.24, 2.45) is 0 Å². The molecule has 0 heterocycles. The SMILES string of the molecule is CCOC(=O)/C(C#N)=C/c1ccc(OCc2c(C)cc(C)cc2C)c(OCC)c1. The molecule has 2 aromatic carbocycles. The summed E-state index contributed by atoms with van der Waals surface area (Å²) in [5.41, 5.74) is 5.35. The van der Waals surface area contributed by atoms with Gasteiger partial charge in [0.2, 0.25) is 0 Å². The normalized spacial score (nSPS) is 11.0. The second-order valence-electron chi connectivity index (χ2n) is 6.70. The highest BCUT2D eigenvalue weighted by atomic mass is 16.5. The zero-order chi connectivity index (χ0) is 21.4. The Morgan fingerprint density at radius 1 is 1.00 bits per heavy atom. The molecule has 0 saturated heterocycles. The molecule has 0 saturated carbocycles. The number of hydrogen-bond acceptors (Lipinski definition) is 5. The Morgan fingerprint density at radius 3 is 2.28 bits per heavy atom. The summed E-state index contributed by atoms with van der Waals surface area (Å²) in [4.78, 5) is 11.8. The van der Waals surface area contributed by atoms with Gasteiger partial charge in [0, 0.05) is 0 Å². The largest absolute Gasteiger partial charge is 0.490 e. The van der Waals surface area contributed by atoms with Gasteiger partial charge in [-0.25, -0.2) is 4.79 Å². The summed E-state index contributed by atoms with van der Waals surface area (Å²) in [5, 5.41) is 9.22. The van der Waals surface area contributed by atoms with Crippen LogP contribution in [0, 0.1) is 32.1 Å². The molecule has 0 N–H and O–H groups in total. The van der Waals surface area contributed by atoms with Gasteiger partial charge in [-0.15, -0.1) is 0 Å². The topological polar surface area (TPSA) is 68.6 Å². The zero-order valence-electron chi connectivity index (χ0n) is 17.7. The van der Waals surface area contributed by atoms with Crippen LogP contribution in [0.2, 0.25) is 0 Å². The van der Waals surface area contributed by atoms with Gasteiger partial charge in [0.05, 0.1) is 13.2 Å². The lowest BCUT2D eigenvalue weighted by atomic mass is 10.0. The van der Waals surface area contributed by atoms with Crippen molar-refractivity contribution < 1.29 is 19.0 Å². The summed E-state index contributed by atoms with van der Waals surface area (Å²) < 4.78 is 16.7. The average Bonchev–Trinajstić information content (AvgIpc) is 2.67. The fourth-order valence-electron chi connectivity index (χ4n) is 3.10. The summed E-state index contributed by atoms with van der Waals surface area (Å²) in [6.45, 7) is 10.9. The van der Waals surface area contributed by atoms with Gasteiger partial charge in [0.25, 0.3) is 0 Å². The van der Waals surface area contributed by atoms with E-state index in [0.717, 1.165) is 5.56 Å². The highest BCUT2D eigenvalue weighted by Gasteiger charge is 2.12. The third-order valence-corrected chi connectivity index (χ3v) is 4.41. The molecule has 0 spiro atoms. The van der Waals surface area contributed by atoms with E-state index >= 15 is 0 Å². The predicted molar refractivity (Wildman–Crippen MR) is 113 cm³/mol. The number of rotatable bonds is 8. The number of carbonyl (C=O) groups excluding carboxylic acids is 1. The van der Waals surface area contributed by atoms with Crippen molar-refractivity contribution >= 4 is 12.0 Å². The first kappa shape index (κ1) is 22.0. The quantitative estimate of drug-likeness (QED) is 0.356. The van der Waals surface area contributed by atoms with Crippen molar-refractivity contribution in [2.75, 3.05) is 13.2 Å². The third-order valence-electron chi connectivity index (χ3n) is 4.41. The Morgan fingerprint density at radius 2 is 1.69 bits per heavy atom. The molecule has 0 aliphatic rings. The lowest BCUT2D eigenvalue weighted by Gasteiger charge is -2.15.